The molecule has 0 radical (unpaired) electrons. The first-order chi connectivity index (χ1) is 21.6. The molecule has 3 N–H and O–H groups in total. The summed E-state index contributed by atoms with van der Waals surface area (Å²) in [6, 6.07) is 21.9. The van der Waals surface area contributed by atoms with E-state index in [2.05, 4.69) is 27.9 Å². The van der Waals surface area contributed by atoms with Crippen molar-refractivity contribution < 1.29 is 72.6 Å². The Labute approximate surface area is 301 Å². The van der Waals surface area contributed by atoms with Crippen LogP contribution in [0.25, 0.3) is 0 Å². The molecule has 4 fully saturated rings. The molecule has 0 aromatic heterocycles. The highest BCUT2D eigenvalue weighted by molar-refractivity contribution is 5.79. The Bertz CT molecular complexity index is 1240. The van der Waals surface area contributed by atoms with Crippen LogP contribution in [0.15, 0.2) is 60.7 Å². The number of quaternary nitrogens is 2. The van der Waals surface area contributed by atoms with Gasteiger partial charge in [-0.25, -0.2) is 0 Å². The molecule has 0 aliphatic carbocycles. The van der Waals surface area contributed by atoms with Crippen molar-refractivity contribution in [3.05, 3.63) is 71.8 Å². The lowest BCUT2D eigenvalue weighted by atomic mass is 9.94. The maximum Gasteiger partial charge on any atom is 0.316 e. The Morgan fingerprint density at radius 2 is 1.11 bits per heavy atom. The summed E-state index contributed by atoms with van der Waals surface area (Å²) < 4.78 is 12.7. The largest absolute Gasteiger partial charge is 1.00 e. The minimum absolute atomic E-state index is 0. The molecule has 4 heterocycles. The van der Waals surface area contributed by atoms with Crippen molar-refractivity contribution in [2.45, 2.75) is 119 Å². The number of hydrogen-bond acceptors (Lipinski definition) is 6. The van der Waals surface area contributed by atoms with Gasteiger partial charge in [0.2, 0.25) is 0 Å². The molecular weight excluding hydrogens is 728 g/mol. The number of hydrogen-bond donors (Lipinski definition) is 3. The standard InChI is InChI=1S/C20H30NO3.C17H23NO3.2BrH/c1-14(2)21(3)16-9-10-17(21)12-18(11-16)24-20(23)19(13-22)15-7-5-4-6-8-15;1-18-13-7-8-14(18)10-15(9-13)21-17(20)16(11-19)12-5-3-2-4-6-12;;/h4-8,14,16-19,22H,9-13H2,1-3H3;2-6,13-16,19H,7-11H2,1H3;2*1H/q+1;;;/p-1/t16-,17?,18?,19?,21?;13-,14?,15?,16?;;/m11../s1. The topological polar surface area (TPSA) is 97.5 Å². The average Bonchev–Trinajstić information content (AvgIpc) is 3.32. The highest BCUT2D eigenvalue weighted by Gasteiger charge is 2.54. The van der Waals surface area contributed by atoms with Crippen molar-refractivity contribution in [2.24, 2.45) is 0 Å². The quantitative estimate of drug-likeness (QED) is 0.191. The molecule has 4 aliphatic heterocycles. The van der Waals surface area contributed by atoms with Crippen LogP contribution in [0.1, 0.15) is 88.2 Å². The summed E-state index contributed by atoms with van der Waals surface area (Å²) in [4.78, 5) is 26.6. The van der Waals surface area contributed by atoms with Gasteiger partial charge < -0.3 is 63.0 Å². The molecule has 2 aromatic rings. The lowest BCUT2D eigenvalue weighted by molar-refractivity contribution is -0.968. The van der Waals surface area contributed by atoms with E-state index in [0.717, 1.165) is 41.3 Å². The van der Waals surface area contributed by atoms with Crippen LogP contribution >= 0.6 is 0 Å². The maximum atomic E-state index is 12.6. The molecule has 262 valence electrons. The van der Waals surface area contributed by atoms with E-state index in [-0.39, 0.29) is 71.3 Å². The van der Waals surface area contributed by atoms with Crippen molar-refractivity contribution in [3.8, 4) is 0 Å². The van der Waals surface area contributed by atoms with Crippen LogP contribution in [0.4, 0.5) is 0 Å². The Morgan fingerprint density at radius 3 is 1.47 bits per heavy atom. The number of benzene rings is 2. The monoisotopic (exact) mass is 780 g/mol. The molecule has 0 amide bonds. The van der Waals surface area contributed by atoms with Gasteiger partial charge in [-0.1, -0.05) is 60.7 Å². The fraction of sp³-hybridized carbons (Fsp3) is 0.622. The van der Waals surface area contributed by atoms with E-state index < -0.39 is 11.8 Å². The summed E-state index contributed by atoms with van der Waals surface area (Å²) in [5, 5.41) is 19.2. The predicted molar refractivity (Wildman–Crippen MR) is 173 cm³/mol. The first kappa shape index (κ1) is 39.6. The number of esters is 2. The second kappa shape index (κ2) is 17.7. The molecule has 10 heteroatoms. The number of carbonyl (C=O) groups excluding carboxylic acids is 2. The van der Waals surface area contributed by atoms with Crippen LogP contribution in [0, 0.1) is 0 Å². The lowest BCUT2D eigenvalue weighted by Gasteiger charge is -2.49. The van der Waals surface area contributed by atoms with Crippen molar-refractivity contribution in [2.75, 3.05) is 27.3 Å². The number of halogens is 2. The molecule has 4 saturated heterocycles. The zero-order valence-electron chi connectivity index (χ0n) is 28.3. The molecule has 6 rings (SSSR count). The molecular formula is C37H54Br2N2O6. The highest BCUT2D eigenvalue weighted by Crippen LogP contribution is 2.44. The first-order valence-corrected chi connectivity index (χ1v) is 17.1. The Balaban J connectivity index is 0.000000247. The zero-order valence-corrected chi connectivity index (χ0v) is 31.4. The van der Waals surface area contributed by atoms with Gasteiger partial charge in [0.25, 0.3) is 0 Å². The SMILES string of the molecule is CC(C)[N+]1(C)C2CC[C@@H]1CC(OC(=O)C(CO)c1ccccc1)C2.C[NH+]1C2CC[C@@H]1CC(OC(=O)C(CO)c1ccccc1)C2.[Br-].[Br-]. The summed E-state index contributed by atoms with van der Waals surface area (Å²) >= 11 is 0. The van der Waals surface area contributed by atoms with Gasteiger partial charge in [0, 0.05) is 51.4 Å². The molecule has 47 heavy (non-hydrogen) atoms. The second-order valence-corrected chi connectivity index (χ2v) is 14.3. The van der Waals surface area contributed by atoms with Gasteiger partial charge in [-0.15, -0.1) is 0 Å². The summed E-state index contributed by atoms with van der Waals surface area (Å²) in [5.41, 5.74) is 1.65. The summed E-state index contributed by atoms with van der Waals surface area (Å²) in [6.45, 7) is 4.19. The molecule has 4 aliphatic rings. The van der Waals surface area contributed by atoms with E-state index in [1.807, 2.05) is 60.7 Å². The van der Waals surface area contributed by atoms with Gasteiger partial charge in [-0.05, 0) is 25.0 Å². The minimum atomic E-state index is -0.572. The third-order valence-corrected chi connectivity index (χ3v) is 11.7. The van der Waals surface area contributed by atoms with Crippen LogP contribution < -0.4 is 38.9 Å². The number of rotatable bonds is 9. The van der Waals surface area contributed by atoms with E-state index in [0.29, 0.717) is 30.2 Å². The number of nitrogens with zero attached hydrogens (tertiary/aromatic N) is 1. The van der Waals surface area contributed by atoms with Crippen molar-refractivity contribution in [1.82, 2.24) is 0 Å². The fourth-order valence-corrected chi connectivity index (χ4v) is 8.69. The van der Waals surface area contributed by atoms with Crippen LogP contribution in [0.2, 0.25) is 0 Å². The van der Waals surface area contributed by atoms with E-state index in [1.54, 1.807) is 4.90 Å². The third-order valence-electron chi connectivity index (χ3n) is 11.7. The average molecular weight is 783 g/mol. The minimum Gasteiger partial charge on any atom is -1.00 e. The second-order valence-electron chi connectivity index (χ2n) is 14.3. The Hall–Kier alpha value is -1.82. The molecule has 0 saturated carbocycles. The summed E-state index contributed by atoms with van der Waals surface area (Å²) in [6.07, 6.45) is 8.79. The van der Waals surface area contributed by atoms with Crippen LogP contribution in [-0.2, 0) is 19.1 Å². The zero-order chi connectivity index (χ0) is 32.1. The first-order valence-electron chi connectivity index (χ1n) is 17.1. The van der Waals surface area contributed by atoms with E-state index >= 15 is 0 Å². The molecule has 2 aromatic carbocycles. The van der Waals surface area contributed by atoms with E-state index in [9.17, 15) is 19.8 Å². The van der Waals surface area contributed by atoms with E-state index in [1.165, 1.54) is 25.7 Å². The van der Waals surface area contributed by atoms with Crippen molar-refractivity contribution in [1.29, 1.82) is 0 Å². The number of nitrogens with one attached hydrogen (secondary N) is 1. The fourth-order valence-electron chi connectivity index (χ4n) is 8.69. The predicted octanol–water partition coefficient (Wildman–Crippen LogP) is -2.62. The van der Waals surface area contributed by atoms with Gasteiger partial charge in [-0.3, -0.25) is 9.59 Å². The molecule has 8 unspecified atom stereocenters. The van der Waals surface area contributed by atoms with Crippen LogP contribution in [0.3, 0.4) is 0 Å². The van der Waals surface area contributed by atoms with E-state index in [4.69, 9.17) is 9.47 Å². The van der Waals surface area contributed by atoms with Gasteiger partial charge in [-0.2, -0.15) is 0 Å². The van der Waals surface area contributed by atoms with Crippen molar-refractivity contribution in [3.63, 3.8) is 0 Å². The third kappa shape index (κ3) is 8.86. The Kier molecular flexibility index (Phi) is 14.9. The van der Waals surface area contributed by atoms with Gasteiger partial charge >= 0.3 is 11.9 Å². The summed E-state index contributed by atoms with van der Waals surface area (Å²) in [5.74, 6) is -1.70. The number of fused-ring (bicyclic) bond motifs is 4. The van der Waals surface area contributed by atoms with Gasteiger partial charge in [0.15, 0.2) is 0 Å². The molecule has 0 spiro atoms. The number of piperidine rings is 2. The highest BCUT2D eigenvalue weighted by atomic mass is 79.9. The maximum absolute atomic E-state index is 12.6. The van der Waals surface area contributed by atoms with Crippen molar-refractivity contribution >= 4 is 11.9 Å². The molecule has 8 nitrogen and oxygen atoms in total. The Morgan fingerprint density at radius 1 is 0.723 bits per heavy atom. The number of aliphatic hydroxyl groups is 2. The molecule has 4 bridgehead atoms. The molecule has 10 atom stereocenters. The lowest BCUT2D eigenvalue weighted by Crippen LogP contribution is -3.15. The van der Waals surface area contributed by atoms with Crippen LogP contribution in [0.5, 0.6) is 0 Å². The van der Waals surface area contributed by atoms with Gasteiger partial charge in [0.1, 0.15) is 24.0 Å². The summed E-state index contributed by atoms with van der Waals surface area (Å²) in [7, 11) is 4.62. The number of aliphatic hydroxyl groups excluding tert-OH is 2. The number of ether oxygens (including phenoxy) is 2. The smallest absolute Gasteiger partial charge is 0.316 e. The number of carbonyl (C=O) groups is 2. The van der Waals surface area contributed by atoms with Gasteiger partial charge in [0.05, 0.1) is 57.5 Å². The van der Waals surface area contributed by atoms with Crippen LogP contribution in [-0.4, -0.2) is 96.4 Å². The normalized spacial score (nSPS) is 31.7.